The molecule has 34 heavy (non-hydrogen) atoms. The van der Waals surface area contributed by atoms with Crippen molar-refractivity contribution in [1.29, 1.82) is 0 Å². The Bertz CT molecular complexity index is 1240. The fourth-order valence-electron chi connectivity index (χ4n) is 4.18. The van der Waals surface area contributed by atoms with Crippen LogP contribution in [0, 0.1) is 0 Å². The number of nitrogens with zero attached hydrogens (tertiary/aromatic N) is 1. The summed E-state index contributed by atoms with van der Waals surface area (Å²) >= 11 is 0. The van der Waals surface area contributed by atoms with Gasteiger partial charge in [-0.1, -0.05) is 26.8 Å². The molecule has 0 aromatic heterocycles. The fraction of sp³-hybridized carbons (Fsp3) is 0.320. The molecule has 176 valence electrons. The summed E-state index contributed by atoms with van der Waals surface area (Å²) in [4.78, 5) is 62.8. The molecule has 4 rings (SSSR count). The topological polar surface area (TPSA) is 125 Å². The van der Waals surface area contributed by atoms with Crippen LogP contribution < -0.4 is 16.0 Å². The number of rotatable bonds is 4. The van der Waals surface area contributed by atoms with E-state index < -0.39 is 29.7 Å². The molecule has 0 bridgehead atoms. The second-order valence-electron chi connectivity index (χ2n) is 9.53. The summed E-state index contributed by atoms with van der Waals surface area (Å²) in [6.45, 7) is 7.56. The van der Waals surface area contributed by atoms with E-state index in [9.17, 15) is 24.0 Å². The zero-order valence-corrected chi connectivity index (χ0v) is 19.4. The van der Waals surface area contributed by atoms with Crippen molar-refractivity contribution in [3.05, 3.63) is 53.1 Å². The quantitative estimate of drug-likeness (QED) is 0.600. The molecule has 1 fully saturated rings. The lowest BCUT2D eigenvalue weighted by Crippen LogP contribution is -2.54. The van der Waals surface area contributed by atoms with E-state index in [4.69, 9.17) is 0 Å². The first kappa shape index (κ1) is 23.2. The molecule has 0 saturated carbocycles. The summed E-state index contributed by atoms with van der Waals surface area (Å²) in [5.74, 6) is -2.45. The highest BCUT2D eigenvalue weighted by Crippen LogP contribution is 2.35. The van der Waals surface area contributed by atoms with Crippen molar-refractivity contribution in [2.24, 2.45) is 0 Å². The molecule has 2 heterocycles. The van der Waals surface area contributed by atoms with E-state index in [2.05, 4.69) is 16.0 Å². The van der Waals surface area contributed by atoms with Crippen LogP contribution in [0.5, 0.6) is 0 Å². The van der Waals surface area contributed by atoms with E-state index in [1.54, 1.807) is 24.3 Å². The van der Waals surface area contributed by atoms with Gasteiger partial charge < -0.3 is 10.6 Å². The predicted octanol–water partition coefficient (Wildman–Crippen LogP) is 3.09. The molecule has 3 N–H and O–H groups in total. The standard InChI is InChI=1S/C25H26N4O5/c1-13(30)26-15-10-14(25(2,3)4)11-16(12-15)27-18-7-5-6-17-21(18)24(34)29(23(17)33)19-8-9-20(31)28-22(19)32/h5-7,10-12,19,27H,8-9H2,1-4H3,(H,26,30)(H,28,31,32). The smallest absolute Gasteiger partial charge is 0.264 e. The van der Waals surface area contributed by atoms with Crippen LogP contribution in [0.2, 0.25) is 0 Å². The third-order valence-electron chi connectivity index (χ3n) is 5.87. The Morgan fingerprint density at radius 3 is 2.38 bits per heavy atom. The van der Waals surface area contributed by atoms with E-state index in [0.717, 1.165) is 10.5 Å². The first-order valence-corrected chi connectivity index (χ1v) is 11.0. The van der Waals surface area contributed by atoms with Crippen LogP contribution in [0.1, 0.15) is 66.8 Å². The Morgan fingerprint density at radius 1 is 1.03 bits per heavy atom. The zero-order valence-electron chi connectivity index (χ0n) is 19.4. The number of piperidine rings is 1. The van der Waals surface area contributed by atoms with E-state index >= 15 is 0 Å². The zero-order chi connectivity index (χ0) is 24.8. The Hall–Kier alpha value is -4.01. The van der Waals surface area contributed by atoms with Gasteiger partial charge >= 0.3 is 0 Å². The minimum absolute atomic E-state index is 0.0560. The lowest BCUT2D eigenvalue weighted by Gasteiger charge is -2.27. The summed E-state index contributed by atoms with van der Waals surface area (Å²) in [7, 11) is 0. The molecule has 9 heteroatoms. The summed E-state index contributed by atoms with van der Waals surface area (Å²) in [5.41, 5.74) is 2.74. The van der Waals surface area contributed by atoms with Gasteiger partial charge in [0.05, 0.1) is 16.8 Å². The summed E-state index contributed by atoms with van der Waals surface area (Å²) in [5, 5.41) is 8.20. The van der Waals surface area contributed by atoms with Gasteiger partial charge in [-0.05, 0) is 47.7 Å². The second-order valence-corrected chi connectivity index (χ2v) is 9.53. The average molecular weight is 463 g/mol. The van der Waals surface area contributed by atoms with Crippen LogP contribution in [0.3, 0.4) is 0 Å². The number of imide groups is 2. The summed E-state index contributed by atoms with van der Waals surface area (Å²) < 4.78 is 0. The Kier molecular flexibility index (Phi) is 5.72. The number of amides is 5. The number of hydrogen-bond donors (Lipinski definition) is 3. The van der Waals surface area contributed by atoms with Gasteiger partial charge in [-0.15, -0.1) is 0 Å². The molecule has 1 saturated heterocycles. The van der Waals surface area contributed by atoms with Crippen molar-refractivity contribution in [1.82, 2.24) is 10.2 Å². The number of anilines is 3. The lowest BCUT2D eigenvalue weighted by molar-refractivity contribution is -0.136. The largest absolute Gasteiger partial charge is 0.355 e. The third kappa shape index (κ3) is 4.28. The molecule has 1 unspecified atom stereocenters. The van der Waals surface area contributed by atoms with Crippen LogP contribution in [0.15, 0.2) is 36.4 Å². The SMILES string of the molecule is CC(=O)Nc1cc(Nc2cccc3c2C(=O)N(C2CCC(=O)NC2=O)C3=O)cc(C(C)(C)C)c1. The average Bonchev–Trinajstić information content (AvgIpc) is 2.98. The molecule has 5 amide bonds. The van der Waals surface area contributed by atoms with Crippen LogP contribution in [0.25, 0.3) is 0 Å². The molecule has 0 aliphatic carbocycles. The highest BCUT2D eigenvalue weighted by atomic mass is 16.2. The number of carbonyl (C=O) groups is 5. The van der Waals surface area contributed by atoms with Gasteiger partial charge in [0.1, 0.15) is 6.04 Å². The predicted molar refractivity (Wildman–Crippen MR) is 126 cm³/mol. The van der Waals surface area contributed by atoms with Gasteiger partial charge in [-0.25, -0.2) is 0 Å². The summed E-state index contributed by atoms with van der Waals surface area (Å²) in [6, 6.07) is 9.40. The van der Waals surface area contributed by atoms with Gasteiger partial charge in [0.2, 0.25) is 17.7 Å². The highest BCUT2D eigenvalue weighted by molar-refractivity contribution is 6.25. The van der Waals surface area contributed by atoms with Gasteiger partial charge in [-0.2, -0.15) is 0 Å². The fourth-order valence-corrected chi connectivity index (χ4v) is 4.18. The molecular formula is C25H26N4O5. The van der Waals surface area contributed by atoms with E-state index in [1.165, 1.54) is 6.92 Å². The first-order valence-electron chi connectivity index (χ1n) is 11.0. The molecule has 1 atom stereocenters. The van der Waals surface area contributed by atoms with Crippen molar-refractivity contribution in [3.63, 3.8) is 0 Å². The van der Waals surface area contributed by atoms with Gasteiger partial charge in [0.15, 0.2) is 0 Å². The maximum absolute atomic E-state index is 13.3. The molecule has 9 nitrogen and oxygen atoms in total. The Balaban J connectivity index is 1.71. The number of carbonyl (C=O) groups excluding carboxylic acids is 5. The van der Waals surface area contributed by atoms with Crippen molar-refractivity contribution < 1.29 is 24.0 Å². The highest BCUT2D eigenvalue weighted by Gasteiger charge is 2.45. The number of hydrogen-bond acceptors (Lipinski definition) is 6. The molecule has 0 radical (unpaired) electrons. The van der Waals surface area contributed by atoms with Crippen molar-refractivity contribution in [3.8, 4) is 0 Å². The van der Waals surface area contributed by atoms with Crippen LogP contribution in [-0.4, -0.2) is 40.5 Å². The van der Waals surface area contributed by atoms with E-state index in [1.807, 2.05) is 32.9 Å². The van der Waals surface area contributed by atoms with Crippen molar-refractivity contribution in [2.75, 3.05) is 10.6 Å². The lowest BCUT2D eigenvalue weighted by atomic mass is 9.86. The number of fused-ring (bicyclic) bond motifs is 1. The van der Waals surface area contributed by atoms with Crippen LogP contribution >= 0.6 is 0 Å². The monoisotopic (exact) mass is 462 g/mol. The van der Waals surface area contributed by atoms with Crippen molar-refractivity contribution >= 4 is 46.6 Å². The summed E-state index contributed by atoms with van der Waals surface area (Å²) in [6.07, 6.45) is 0.146. The maximum Gasteiger partial charge on any atom is 0.264 e. The second kappa shape index (κ2) is 8.40. The molecule has 2 aliphatic rings. The van der Waals surface area contributed by atoms with Crippen LogP contribution in [0.4, 0.5) is 17.1 Å². The normalized spacial score (nSPS) is 18.0. The molecule has 2 aliphatic heterocycles. The van der Waals surface area contributed by atoms with E-state index in [-0.39, 0.29) is 35.3 Å². The molecule has 2 aromatic rings. The number of benzene rings is 2. The first-order chi connectivity index (χ1) is 16.0. The Labute approximate surface area is 196 Å². The molecule has 0 spiro atoms. The number of nitrogens with one attached hydrogen (secondary N) is 3. The maximum atomic E-state index is 13.3. The van der Waals surface area contributed by atoms with Crippen molar-refractivity contribution in [2.45, 2.75) is 52.0 Å². The minimum Gasteiger partial charge on any atom is -0.355 e. The third-order valence-corrected chi connectivity index (χ3v) is 5.87. The van der Waals surface area contributed by atoms with Gasteiger partial charge in [-0.3, -0.25) is 34.2 Å². The van der Waals surface area contributed by atoms with Gasteiger partial charge in [0, 0.05) is 24.7 Å². The van der Waals surface area contributed by atoms with Gasteiger partial charge in [0.25, 0.3) is 11.8 Å². The Morgan fingerprint density at radius 2 is 1.74 bits per heavy atom. The minimum atomic E-state index is -1.03. The molecular weight excluding hydrogens is 436 g/mol. The van der Waals surface area contributed by atoms with E-state index in [0.29, 0.717) is 17.1 Å². The molecule has 2 aromatic carbocycles. The van der Waals surface area contributed by atoms with Crippen LogP contribution in [-0.2, 0) is 19.8 Å².